The number of hydrazine groups is 1. The van der Waals surface area contributed by atoms with Crippen molar-refractivity contribution in [2.45, 2.75) is 26.3 Å². The van der Waals surface area contributed by atoms with Crippen molar-refractivity contribution in [3.05, 3.63) is 57.0 Å². The van der Waals surface area contributed by atoms with Crippen LogP contribution in [0.25, 0.3) is 0 Å². The zero-order valence-electron chi connectivity index (χ0n) is 10.5. The topological polar surface area (TPSA) is 38.0 Å². The molecule has 0 spiro atoms. The second-order valence-electron chi connectivity index (χ2n) is 4.44. The van der Waals surface area contributed by atoms with Gasteiger partial charge in [0.1, 0.15) is 5.82 Å². The van der Waals surface area contributed by atoms with Crippen molar-refractivity contribution in [2.24, 2.45) is 5.84 Å². The maximum Gasteiger partial charge on any atom is 0.123 e. The Hall–Kier alpha value is -1.23. The van der Waals surface area contributed by atoms with E-state index in [-0.39, 0.29) is 11.9 Å². The lowest BCUT2D eigenvalue weighted by atomic mass is 10.0. The molecule has 0 aliphatic rings. The van der Waals surface area contributed by atoms with E-state index in [1.165, 1.54) is 21.4 Å². The summed E-state index contributed by atoms with van der Waals surface area (Å²) in [6.45, 7) is 4.18. The van der Waals surface area contributed by atoms with Crippen molar-refractivity contribution in [1.29, 1.82) is 0 Å². The van der Waals surface area contributed by atoms with Gasteiger partial charge in [-0.05, 0) is 49.6 Å². The first-order chi connectivity index (χ1) is 8.60. The Morgan fingerprint density at radius 3 is 2.67 bits per heavy atom. The predicted molar refractivity (Wildman–Crippen MR) is 74.0 cm³/mol. The van der Waals surface area contributed by atoms with Crippen molar-refractivity contribution >= 4 is 11.3 Å². The second kappa shape index (κ2) is 5.61. The fourth-order valence-corrected chi connectivity index (χ4v) is 3.02. The minimum atomic E-state index is -0.207. The van der Waals surface area contributed by atoms with E-state index in [4.69, 9.17) is 5.84 Å². The lowest BCUT2D eigenvalue weighted by Gasteiger charge is -2.14. The molecule has 1 atom stereocenters. The summed E-state index contributed by atoms with van der Waals surface area (Å²) in [5.74, 6) is 5.41. The molecule has 0 amide bonds. The third kappa shape index (κ3) is 2.96. The van der Waals surface area contributed by atoms with Crippen molar-refractivity contribution in [1.82, 2.24) is 5.43 Å². The first-order valence-corrected chi connectivity index (χ1v) is 6.69. The fraction of sp³-hybridized carbons (Fsp3) is 0.286. The minimum absolute atomic E-state index is 0.0317. The standard InChI is InChI=1S/C14H17FN2S/c1-9-6-14(18-10(9)2)13(17-16)8-11-4-3-5-12(15)7-11/h3-7,13,17H,8,16H2,1-2H3. The van der Waals surface area contributed by atoms with Gasteiger partial charge in [-0.1, -0.05) is 12.1 Å². The van der Waals surface area contributed by atoms with Crippen LogP contribution in [0, 0.1) is 19.7 Å². The summed E-state index contributed by atoms with van der Waals surface area (Å²) < 4.78 is 13.1. The Labute approximate surface area is 111 Å². The summed E-state index contributed by atoms with van der Waals surface area (Å²) in [6, 6.07) is 8.82. The van der Waals surface area contributed by atoms with E-state index in [0.29, 0.717) is 6.42 Å². The van der Waals surface area contributed by atoms with Gasteiger partial charge >= 0.3 is 0 Å². The maximum absolute atomic E-state index is 13.1. The van der Waals surface area contributed by atoms with Crippen LogP contribution in [0.1, 0.15) is 26.9 Å². The Bertz CT molecular complexity index is 517. The van der Waals surface area contributed by atoms with Crippen LogP contribution in [0.3, 0.4) is 0 Å². The van der Waals surface area contributed by atoms with Gasteiger partial charge in [-0.3, -0.25) is 11.3 Å². The number of hydrogen-bond acceptors (Lipinski definition) is 3. The second-order valence-corrected chi connectivity index (χ2v) is 5.73. The molecule has 0 aliphatic heterocycles. The van der Waals surface area contributed by atoms with Gasteiger partial charge in [-0.2, -0.15) is 0 Å². The zero-order valence-corrected chi connectivity index (χ0v) is 11.4. The van der Waals surface area contributed by atoms with Crippen molar-refractivity contribution in [2.75, 3.05) is 0 Å². The molecule has 1 unspecified atom stereocenters. The van der Waals surface area contributed by atoms with Gasteiger partial charge in [-0.25, -0.2) is 4.39 Å². The van der Waals surface area contributed by atoms with Crippen molar-refractivity contribution < 1.29 is 4.39 Å². The molecule has 1 aromatic carbocycles. The number of nitrogens with two attached hydrogens (primary N) is 1. The highest BCUT2D eigenvalue weighted by Gasteiger charge is 2.14. The molecule has 0 saturated carbocycles. The van der Waals surface area contributed by atoms with Crippen molar-refractivity contribution in [3.63, 3.8) is 0 Å². The van der Waals surface area contributed by atoms with Gasteiger partial charge in [0.25, 0.3) is 0 Å². The van der Waals surface area contributed by atoms with Crippen LogP contribution in [0.15, 0.2) is 30.3 Å². The summed E-state index contributed by atoms with van der Waals surface area (Å²) in [5.41, 5.74) is 5.03. The number of nitrogens with one attached hydrogen (secondary N) is 1. The quantitative estimate of drug-likeness (QED) is 0.657. The van der Waals surface area contributed by atoms with E-state index in [0.717, 1.165) is 5.56 Å². The van der Waals surface area contributed by atoms with Crippen LogP contribution in [0.5, 0.6) is 0 Å². The molecule has 4 heteroatoms. The monoisotopic (exact) mass is 264 g/mol. The number of thiophene rings is 1. The van der Waals surface area contributed by atoms with E-state index in [2.05, 4.69) is 25.3 Å². The third-order valence-electron chi connectivity index (χ3n) is 3.06. The minimum Gasteiger partial charge on any atom is -0.271 e. The summed E-state index contributed by atoms with van der Waals surface area (Å²) in [4.78, 5) is 2.49. The molecular weight excluding hydrogens is 247 g/mol. The molecule has 3 N–H and O–H groups in total. The van der Waals surface area contributed by atoms with E-state index >= 15 is 0 Å². The van der Waals surface area contributed by atoms with Gasteiger partial charge in [0.05, 0.1) is 6.04 Å². The van der Waals surface area contributed by atoms with Crippen LogP contribution in [0.4, 0.5) is 4.39 Å². The number of rotatable bonds is 4. The average Bonchev–Trinajstić information content (AvgIpc) is 2.66. The van der Waals surface area contributed by atoms with Gasteiger partial charge in [-0.15, -0.1) is 11.3 Å². The molecule has 0 radical (unpaired) electrons. The molecule has 2 aromatic rings. The normalized spacial score (nSPS) is 12.7. The molecule has 0 bridgehead atoms. The highest BCUT2D eigenvalue weighted by molar-refractivity contribution is 7.12. The highest BCUT2D eigenvalue weighted by Crippen LogP contribution is 2.28. The van der Waals surface area contributed by atoms with Crippen LogP contribution < -0.4 is 11.3 Å². The van der Waals surface area contributed by atoms with E-state index in [1.54, 1.807) is 23.5 Å². The Kier molecular flexibility index (Phi) is 4.11. The van der Waals surface area contributed by atoms with E-state index in [1.807, 2.05) is 6.07 Å². The van der Waals surface area contributed by atoms with Gasteiger partial charge < -0.3 is 0 Å². The van der Waals surface area contributed by atoms with Crippen molar-refractivity contribution in [3.8, 4) is 0 Å². The van der Waals surface area contributed by atoms with E-state index < -0.39 is 0 Å². The number of hydrogen-bond donors (Lipinski definition) is 2. The summed E-state index contributed by atoms with van der Waals surface area (Å²) in [7, 11) is 0. The summed E-state index contributed by atoms with van der Waals surface area (Å²) in [5, 5.41) is 0. The highest BCUT2D eigenvalue weighted by atomic mass is 32.1. The molecule has 0 aliphatic carbocycles. The molecule has 2 rings (SSSR count). The SMILES string of the molecule is Cc1cc(C(Cc2cccc(F)c2)NN)sc1C. The first-order valence-electron chi connectivity index (χ1n) is 5.87. The molecule has 96 valence electrons. The zero-order chi connectivity index (χ0) is 13.1. The van der Waals surface area contributed by atoms with Crippen LogP contribution in [-0.4, -0.2) is 0 Å². The third-order valence-corrected chi connectivity index (χ3v) is 4.32. The number of aryl methyl sites for hydroxylation is 2. The molecule has 0 saturated heterocycles. The summed E-state index contributed by atoms with van der Waals surface area (Å²) >= 11 is 1.73. The molecule has 1 heterocycles. The lowest BCUT2D eigenvalue weighted by Crippen LogP contribution is -2.29. The average molecular weight is 264 g/mol. The number of halogens is 1. The maximum atomic E-state index is 13.1. The molecule has 2 nitrogen and oxygen atoms in total. The predicted octanol–water partition coefficient (Wildman–Crippen LogP) is 3.25. The van der Waals surface area contributed by atoms with Crippen LogP contribution in [-0.2, 0) is 6.42 Å². The van der Waals surface area contributed by atoms with Gasteiger partial charge in [0.2, 0.25) is 0 Å². The molecular formula is C14H17FN2S. The molecule has 18 heavy (non-hydrogen) atoms. The van der Waals surface area contributed by atoms with Crippen LogP contribution in [0.2, 0.25) is 0 Å². The van der Waals surface area contributed by atoms with Gasteiger partial charge in [0.15, 0.2) is 0 Å². The Morgan fingerprint density at radius 1 is 1.33 bits per heavy atom. The largest absolute Gasteiger partial charge is 0.271 e. The Morgan fingerprint density at radius 2 is 2.11 bits per heavy atom. The lowest BCUT2D eigenvalue weighted by molar-refractivity contribution is 0.556. The smallest absolute Gasteiger partial charge is 0.123 e. The molecule has 0 fully saturated rings. The van der Waals surface area contributed by atoms with Crippen LogP contribution >= 0.6 is 11.3 Å². The first kappa shape index (κ1) is 13.2. The number of benzene rings is 1. The van der Waals surface area contributed by atoms with E-state index in [9.17, 15) is 4.39 Å². The van der Waals surface area contributed by atoms with Gasteiger partial charge in [0, 0.05) is 9.75 Å². The fourth-order valence-electron chi connectivity index (χ4n) is 1.91. The molecule has 1 aromatic heterocycles. The Balaban J connectivity index is 2.19. The summed E-state index contributed by atoms with van der Waals surface area (Å²) in [6.07, 6.45) is 0.688.